The van der Waals surface area contributed by atoms with Crippen LogP contribution in [0.3, 0.4) is 0 Å². The Morgan fingerprint density at radius 1 is 1.35 bits per heavy atom. The van der Waals surface area contributed by atoms with Gasteiger partial charge in [0.25, 0.3) is 0 Å². The number of ether oxygens (including phenoxy) is 1. The Morgan fingerprint density at radius 2 is 2.13 bits per heavy atom. The third-order valence-corrected chi connectivity index (χ3v) is 3.51. The summed E-state index contributed by atoms with van der Waals surface area (Å²) in [4.78, 5) is 12.1. The molecule has 7 nitrogen and oxygen atoms in total. The van der Waals surface area contributed by atoms with Gasteiger partial charge in [0.1, 0.15) is 12.6 Å². The predicted octanol–water partition coefficient (Wildman–Crippen LogP) is 2.27. The smallest absolute Gasteiger partial charge is 0.246 e. The number of aromatic nitrogens is 4. The molecule has 1 aromatic heterocycles. The Morgan fingerprint density at radius 3 is 2.78 bits per heavy atom. The van der Waals surface area contributed by atoms with Crippen LogP contribution >= 0.6 is 11.6 Å². The maximum atomic E-state index is 12.1. The van der Waals surface area contributed by atoms with Crippen molar-refractivity contribution in [3.8, 4) is 0 Å². The van der Waals surface area contributed by atoms with E-state index in [0.717, 1.165) is 24.8 Å². The average Bonchev–Trinajstić information content (AvgIpc) is 3.07. The summed E-state index contributed by atoms with van der Waals surface area (Å²) in [5.74, 6) is 0.151. The molecule has 2 rings (SSSR count). The van der Waals surface area contributed by atoms with Crippen LogP contribution in [0.25, 0.3) is 0 Å². The fraction of sp³-hybridized carbons (Fsp3) is 0.467. The number of halogens is 1. The zero-order chi connectivity index (χ0) is 16.5. The second-order valence-corrected chi connectivity index (χ2v) is 5.52. The summed E-state index contributed by atoms with van der Waals surface area (Å²) in [6.45, 7) is 2.70. The summed E-state index contributed by atoms with van der Waals surface area (Å²) in [5, 5.41) is 17.3. The van der Waals surface area contributed by atoms with Crippen LogP contribution in [-0.2, 0) is 9.53 Å². The van der Waals surface area contributed by atoms with E-state index in [-0.39, 0.29) is 12.5 Å². The lowest BCUT2D eigenvalue weighted by Crippen LogP contribution is -2.33. The van der Waals surface area contributed by atoms with E-state index in [9.17, 15) is 4.79 Å². The Bertz CT molecular complexity index is 588. The van der Waals surface area contributed by atoms with Gasteiger partial charge in [0.2, 0.25) is 11.7 Å². The number of carbonyl (C=O) groups is 1. The summed E-state index contributed by atoms with van der Waals surface area (Å²) in [5.41, 5.74) is 0.815. The highest BCUT2D eigenvalue weighted by Crippen LogP contribution is 2.20. The van der Waals surface area contributed by atoms with Gasteiger partial charge in [-0.15, -0.1) is 10.2 Å². The highest BCUT2D eigenvalue weighted by Gasteiger charge is 2.20. The van der Waals surface area contributed by atoms with Crippen molar-refractivity contribution in [3.05, 3.63) is 40.7 Å². The third-order valence-electron chi connectivity index (χ3n) is 3.25. The van der Waals surface area contributed by atoms with E-state index in [4.69, 9.17) is 16.3 Å². The molecule has 124 valence electrons. The molecule has 1 unspecified atom stereocenters. The van der Waals surface area contributed by atoms with Crippen LogP contribution in [0.5, 0.6) is 0 Å². The predicted molar refractivity (Wildman–Crippen MR) is 86.0 cm³/mol. The molecule has 1 heterocycles. The van der Waals surface area contributed by atoms with Crippen molar-refractivity contribution < 1.29 is 9.53 Å². The SMILES string of the molecule is CCCCCOCC(=O)NC(c1ccc(Cl)cc1)c1nn[nH]n1. The van der Waals surface area contributed by atoms with Crippen LogP contribution in [-0.4, -0.2) is 39.7 Å². The van der Waals surface area contributed by atoms with Crippen LogP contribution in [0.1, 0.15) is 43.6 Å². The number of H-pyrrole nitrogens is 1. The minimum absolute atomic E-state index is 0.00561. The van der Waals surface area contributed by atoms with Crippen molar-refractivity contribution in [3.63, 3.8) is 0 Å². The quantitative estimate of drug-likeness (QED) is 0.685. The van der Waals surface area contributed by atoms with E-state index >= 15 is 0 Å². The lowest BCUT2D eigenvalue weighted by molar-refractivity contribution is -0.126. The minimum Gasteiger partial charge on any atom is -0.372 e. The molecule has 0 aliphatic heterocycles. The van der Waals surface area contributed by atoms with Crippen molar-refractivity contribution in [1.82, 2.24) is 25.9 Å². The molecule has 1 aromatic carbocycles. The lowest BCUT2D eigenvalue weighted by Gasteiger charge is -2.16. The van der Waals surface area contributed by atoms with Crippen LogP contribution in [0, 0.1) is 0 Å². The summed E-state index contributed by atoms with van der Waals surface area (Å²) < 4.78 is 5.37. The Hall–Kier alpha value is -1.99. The molecule has 2 N–H and O–H groups in total. The normalized spacial score (nSPS) is 12.1. The maximum absolute atomic E-state index is 12.1. The van der Waals surface area contributed by atoms with E-state index < -0.39 is 6.04 Å². The fourth-order valence-electron chi connectivity index (χ4n) is 2.07. The number of hydrogen-bond donors (Lipinski definition) is 2. The van der Waals surface area contributed by atoms with Gasteiger partial charge in [0.05, 0.1) is 0 Å². The molecule has 0 spiro atoms. The molecule has 8 heteroatoms. The van der Waals surface area contributed by atoms with Gasteiger partial charge in [-0.2, -0.15) is 5.21 Å². The van der Waals surface area contributed by atoms with Gasteiger partial charge >= 0.3 is 0 Å². The van der Waals surface area contributed by atoms with E-state index in [1.165, 1.54) is 0 Å². The first kappa shape index (κ1) is 17.4. The second-order valence-electron chi connectivity index (χ2n) is 5.08. The molecule has 0 aliphatic rings. The van der Waals surface area contributed by atoms with Crippen molar-refractivity contribution in [1.29, 1.82) is 0 Å². The molecular formula is C15H20ClN5O2. The van der Waals surface area contributed by atoms with Gasteiger partial charge < -0.3 is 10.1 Å². The van der Waals surface area contributed by atoms with E-state index in [1.54, 1.807) is 12.1 Å². The van der Waals surface area contributed by atoms with E-state index in [2.05, 4.69) is 32.9 Å². The van der Waals surface area contributed by atoms with Crippen LogP contribution in [0.4, 0.5) is 0 Å². The number of benzene rings is 1. The zero-order valence-corrected chi connectivity index (χ0v) is 13.7. The van der Waals surface area contributed by atoms with E-state index in [0.29, 0.717) is 17.5 Å². The monoisotopic (exact) mass is 337 g/mol. The highest BCUT2D eigenvalue weighted by molar-refractivity contribution is 6.30. The first-order valence-electron chi connectivity index (χ1n) is 7.56. The fourth-order valence-corrected chi connectivity index (χ4v) is 2.19. The van der Waals surface area contributed by atoms with Gasteiger partial charge in [0, 0.05) is 11.6 Å². The lowest BCUT2D eigenvalue weighted by atomic mass is 10.1. The molecule has 0 radical (unpaired) electrons. The van der Waals surface area contributed by atoms with E-state index in [1.807, 2.05) is 12.1 Å². The Kier molecular flexibility index (Phi) is 6.96. The van der Waals surface area contributed by atoms with Crippen molar-refractivity contribution in [2.45, 2.75) is 32.2 Å². The number of carbonyl (C=O) groups excluding carboxylic acids is 1. The molecule has 0 saturated carbocycles. The topological polar surface area (TPSA) is 92.8 Å². The Balaban J connectivity index is 1.96. The van der Waals surface area contributed by atoms with Gasteiger partial charge in [-0.3, -0.25) is 4.79 Å². The molecule has 1 atom stereocenters. The number of aromatic amines is 1. The number of nitrogens with one attached hydrogen (secondary N) is 2. The number of amides is 1. The first-order valence-corrected chi connectivity index (χ1v) is 7.94. The van der Waals surface area contributed by atoms with Crippen LogP contribution in [0.15, 0.2) is 24.3 Å². The summed E-state index contributed by atoms with van der Waals surface area (Å²) >= 11 is 5.90. The van der Waals surface area contributed by atoms with Crippen molar-refractivity contribution in [2.75, 3.05) is 13.2 Å². The molecule has 2 aromatic rings. The molecule has 0 aliphatic carbocycles. The van der Waals surface area contributed by atoms with Crippen LogP contribution in [0.2, 0.25) is 5.02 Å². The molecular weight excluding hydrogens is 318 g/mol. The summed E-state index contributed by atoms with van der Waals surface area (Å²) in [7, 11) is 0. The average molecular weight is 338 g/mol. The van der Waals surface area contributed by atoms with Gasteiger partial charge in [-0.25, -0.2) is 0 Å². The number of nitrogens with zero attached hydrogens (tertiary/aromatic N) is 3. The maximum Gasteiger partial charge on any atom is 0.246 e. The molecule has 1 amide bonds. The molecule has 0 saturated heterocycles. The first-order chi connectivity index (χ1) is 11.2. The number of rotatable bonds is 9. The van der Waals surface area contributed by atoms with Gasteiger partial charge in [0.15, 0.2) is 0 Å². The van der Waals surface area contributed by atoms with Crippen molar-refractivity contribution >= 4 is 17.5 Å². The number of unbranched alkanes of at least 4 members (excludes halogenated alkanes) is 2. The minimum atomic E-state index is -0.502. The number of tetrazole rings is 1. The Labute approximate surface area is 139 Å². The summed E-state index contributed by atoms with van der Waals surface area (Å²) in [6, 6.07) is 6.62. The summed E-state index contributed by atoms with van der Waals surface area (Å²) in [6.07, 6.45) is 3.17. The molecule has 23 heavy (non-hydrogen) atoms. The van der Waals surface area contributed by atoms with Gasteiger partial charge in [-0.1, -0.05) is 48.7 Å². The van der Waals surface area contributed by atoms with Crippen molar-refractivity contribution in [2.24, 2.45) is 0 Å². The largest absolute Gasteiger partial charge is 0.372 e. The zero-order valence-electron chi connectivity index (χ0n) is 13.0. The molecule has 0 fully saturated rings. The van der Waals surface area contributed by atoms with Crippen LogP contribution < -0.4 is 5.32 Å². The number of hydrogen-bond acceptors (Lipinski definition) is 5. The second kappa shape index (κ2) is 9.22. The van der Waals surface area contributed by atoms with Gasteiger partial charge in [-0.05, 0) is 24.1 Å². The standard InChI is InChI=1S/C15H20ClN5O2/c1-2-3-4-9-23-10-13(22)17-14(15-18-20-21-19-15)11-5-7-12(16)8-6-11/h5-8,14H,2-4,9-10H2,1H3,(H,17,22)(H,18,19,20,21). The third kappa shape index (κ3) is 5.61. The molecule has 0 bridgehead atoms. The highest BCUT2D eigenvalue weighted by atomic mass is 35.5.